The van der Waals surface area contributed by atoms with Gasteiger partial charge in [-0.2, -0.15) is 0 Å². The Morgan fingerprint density at radius 1 is 0.185 bits per heavy atom. The molecule has 254 valence electrons. The molecule has 2 aromatic heterocycles. The smallest absolute Gasteiger partial charge is 0.164 e. The number of hydrogen-bond acceptors (Lipinski definition) is 5. The SMILES string of the molecule is c1ccc(-c2cccc(-c3cc(-c4cccc(-c5cccc(-c6nc(-c7ccccc7)nc(-c7ccccc7)n6)c5)c4)nc(-c4ccccc4)n3)c2)cc1. The van der Waals surface area contributed by atoms with E-state index in [0.29, 0.717) is 23.3 Å². The summed E-state index contributed by atoms with van der Waals surface area (Å²) in [6.45, 7) is 0. The van der Waals surface area contributed by atoms with Crippen LogP contribution in [-0.4, -0.2) is 24.9 Å². The lowest BCUT2D eigenvalue weighted by Gasteiger charge is -2.12. The Hall–Kier alpha value is -7.37. The second-order valence-electron chi connectivity index (χ2n) is 13.0. The van der Waals surface area contributed by atoms with Crippen LogP contribution in [0.3, 0.4) is 0 Å². The van der Waals surface area contributed by atoms with E-state index in [1.165, 1.54) is 0 Å². The van der Waals surface area contributed by atoms with Crippen LogP contribution in [0.4, 0.5) is 0 Å². The molecule has 0 aliphatic carbocycles. The second-order valence-corrected chi connectivity index (χ2v) is 13.0. The Morgan fingerprint density at radius 2 is 0.463 bits per heavy atom. The first-order chi connectivity index (χ1) is 26.7. The Kier molecular flexibility index (Phi) is 8.86. The predicted molar refractivity (Wildman–Crippen MR) is 219 cm³/mol. The standard InChI is InChI=1S/C49H33N5/c1-5-16-34(17-6-1)38-24-13-27-41(30-38)44-33-45(51-46(50-44)35-18-7-2-8-19-35)42-28-14-25-39(31-42)40-26-15-29-43(32-40)49-53-47(36-20-9-3-10-21-36)52-48(54-49)37-22-11-4-12-23-37/h1-33H. The Bertz CT molecular complexity index is 2640. The van der Waals surface area contributed by atoms with Gasteiger partial charge in [0.25, 0.3) is 0 Å². The minimum atomic E-state index is 0.617. The molecule has 5 nitrogen and oxygen atoms in total. The molecule has 0 aliphatic rings. The summed E-state index contributed by atoms with van der Waals surface area (Å²) in [4.78, 5) is 25.0. The molecular formula is C49H33N5. The van der Waals surface area contributed by atoms with Gasteiger partial charge in [0.2, 0.25) is 0 Å². The van der Waals surface area contributed by atoms with E-state index < -0.39 is 0 Å². The van der Waals surface area contributed by atoms with E-state index in [2.05, 4.69) is 115 Å². The van der Waals surface area contributed by atoms with Gasteiger partial charge in [-0.25, -0.2) is 24.9 Å². The van der Waals surface area contributed by atoms with Gasteiger partial charge in [0, 0.05) is 33.4 Å². The van der Waals surface area contributed by atoms with Crippen LogP contribution in [0.5, 0.6) is 0 Å². The molecule has 9 aromatic rings. The number of nitrogens with zero attached hydrogens (tertiary/aromatic N) is 5. The van der Waals surface area contributed by atoms with Crippen molar-refractivity contribution < 1.29 is 0 Å². The van der Waals surface area contributed by atoms with Gasteiger partial charge >= 0.3 is 0 Å². The van der Waals surface area contributed by atoms with Crippen LogP contribution in [0.2, 0.25) is 0 Å². The molecule has 0 spiro atoms. The maximum absolute atomic E-state index is 5.12. The van der Waals surface area contributed by atoms with Crippen molar-refractivity contribution in [1.82, 2.24) is 24.9 Å². The molecule has 0 radical (unpaired) electrons. The molecule has 0 fully saturated rings. The normalized spacial score (nSPS) is 11.0. The quantitative estimate of drug-likeness (QED) is 0.159. The van der Waals surface area contributed by atoms with Gasteiger partial charge in [0.1, 0.15) is 0 Å². The van der Waals surface area contributed by atoms with Crippen molar-refractivity contribution in [2.24, 2.45) is 0 Å². The average Bonchev–Trinajstić information content (AvgIpc) is 3.27. The molecule has 0 amide bonds. The van der Waals surface area contributed by atoms with Gasteiger partial charge in [-0.3, -0.25) is 0 Å². The van der Waals surface area contributed by atoms with Crippen molar-refractivity contribution in [3.8, 4) is 90.3 Å². The fraction of sp³-hybridized carbons (Fsp3) is 0. The third-order valence-corrected chi connectivity index (χ3v) is 9.34. The highest BCUT2D eigenvalue weighted by Gasteiger charge is 2.15. The number of benzene rings is 7. The van der Waals surface area contributed by atoms with Gasteiger partial charge < -0.3 is 0 Å². The van der Waals surface area contributed by atoms with E-state index in [9.17, 15) is 0 Å². The first-order valence-electron chi connectivity index (χ1n) is 17.9. The Morgan fingerprint density at radius 3 is 0.889 bits per heavy atom. The highest BCUT2D eigenvalue weighted by atomic mass is 15.0. The lowest BCUT2D eigenvalue weighted by Crippen LogP contribution is -2.00. The summed E-state index contributed by atoms with van der Waals surface area (Å²) in [5, 5.41) is 0. The third kappa shape index (κ3) is 6.94. The molecule has 54 heavy (non-hydrogen) atoms. The van der Waals surface area contributed by atoms with Gasteiger partial charge in [-0.15, -0.1) is 0 Å². The van der Waals surface area contributed by atoms with Crippen molar-refractivity contribution in [2.75, 3.05) is 0 Å². The van der Waals surface area contributed by atoms with Crippen LogP contribution < -0.4 is 0 Å². The van der Waals surface area contributed by atoms with Gasteiger partial charge in [0.05, 0.1) is 11.4 Å². The predicted octanol–water partition coefficient (Wildman–Crippen LogP) is 12.0. The molecule has 0 N–H and O–H groups in total. The maximum atomic E-state index is 5.12. The minimum Gasteiger partial charge on any atom is -0.228 e. The summed E-state index contributed by atoms with van der Waals surface area (Å²) in [6, 6.07) is 68.2. The van der Waals surface area contributed by atoms with Crippen LogP contribution in [0.1, 0.15) is 0 Å². The number of aromatic nitrogens is 5. The fourth-order valence-corrected chi connectivity index (χ4v) is 6.58. The molecular weight excluding hydrogens is 659 g/mol. The largest absolute Gasteiger partial charge is 0.228 e. The van der Waals surface area contributed by atoms with E-state index in [4.69, 9.17) is 24.9 Å². The summed E-state index contributed by atoms with van der Waals surface area (Å²) in [5.41, 5.74) is 11.9. The lowest BCUT2D eigenvalue weighted by molar-refractivity contribution is 1.07. The monoisotopic (exact) mass is 691 g/mol. The van der Waals surface area contributed by atoms with Crippen LogP contribution in [0.25, 0.3) is 90.3 Å². The molecule has 7 aromatic carbocycles. The third-order valence-electron chi connectivity index (χ3n) is 9.34. The number of rotatable bonds is 8. The molecule has 0 aliphatic heterocycles. The van der Waals surface area contributed by atoms with Crippen molar-refractivity contribution in [2.45, 2.75) is 0 Å². The van der Waals surface area contributed by atoms with Crippen molar-refractivity contribution in [1.29, 1.82) is 0 Å². The summed E-state index contributed by atoms with van der Waals surface area (Å²) < 4.78 is 0. The fourth-order valence-electron chi connectivity index (χ4n) is 6.58. The van der Waals surface area contributed by atoms with Crippen LogP contribution in [-0.2, 0) is 0 Å². The summed E-state index contributed by atoms with van der Waals surface area (Å²) in [6.07, 6.45) is 0. The molecule has 2 heterocycles. The molecule has 5 heteroatoms. The van der Waals surface area contributed by atoms with Gasteiger partial charge in [-0.05, 0) is 46.5 Å². The van der Waals surface area contributed by atoms with Crippen LogP contribution in [0, 0.1) is 0 Å². The van der Waals surface area contributed by atoms with E-state index in [1.807, 2.05) is 84.9 Å². The van der Waals surface area contributed by atoms with E-state index >= 15 is 0 Å². The van der Waals surface area contributed by atoms with E-state index in [0.717, 1.165) is 67.0 Å². The highest BCUT2D eigenvalue weighted by molar-refractivity contribution is 5.79. The molecule has 0 saturated carbocycles. The average molecular weight is 692 g/mol. The maximum Gasteiger partial charge on any atom is 0.164 e. The van der Waals surface area contributed by atoms with E-state index in [1.54, 1.807) is 0 Å². The molecule has 0 unspecified atom stereocenters. The lowest BCUT2D eigenvalue weighted by atomic mass is 9.98. The zero-order chi connectivity index (χ0) is 36.1. The number of hydrogen-bond donors (Lipinski definition) is 0. The van der Waals surface area contributed by atoms with Crippen molar-refractivity contribution in [3.05, 3.63) is 200 Å². The van der Waals surface area contributed by atoms with Crippen molar-refractivity contribution >= 4 is 0 Å². The summed E-state index contributed by atoms with van der Waals surface area (Å²) in [5.74, 6) is 2.56. The molecule has 0 bridgehead atoms. The zero-order valence-corrected chi connectivity index (χ0v) is 29.3. The van der Waals surface area contributed by atoms with Gasteiger partial charge in [0.15, 0.2) is 23.3 Å². The molecule has 9 rings (SSSR count). The Balaban J connectivity index is 1.12. The first kappa shape index (κ1) is 32.5. The van der Waals surface area contributed by atoms with E-state index in [-0.39, 0.29) is 0 Å². The molecule has 0 atom stereocenters. The topological polar surface area (TPSA) is 64.5 Å². The zero-order valence-electron chi connectivity index (χ0n) is 29.3. The minimum absolute atomic E-state index is 0.617. The highest BCUT2D eigenvalue weighted by Crippen LogP contribution is 2.33. The van der Waals surface area contributed by atoms with Crippen LogP contribution in [0.15, 0.2) is 200 Å². The van der Waals surface area contributed by atoms with Crippen molar-refractivity contribution in [3.63, 3.8) is 0 Å². The Labute approximate surface area is 314 Å². The van der Waals surface area contributed by atoms with Crippen LogP contribution >= 0.6 is 0 Å². The molecule has 0 saturated heterocycles. The second kappa shape index (κ2) is 14.7. The van der Waals surface area contributed by atoms with Gasteiger partial charge in [-0.1, -0.05) is 176 Å². The summed E-state index contributed by atoms with van der Waals surface area (Å²) in [7, 11) is 0. The first-order valence-corrected chi connectivity index (χ1v) is 17.9. The summed E-state index contributed by atoms with van der Waals surface area (Å²) >= 11 is 0.